The molecule has 0 bridgehead atoms. The van der Waals surface area contributed by atoms with Crippen LogP contribution in [0.15, 0.2) is 30.3 Å². The summed E-state index contributed by atoms with van der Waals surface area (Å²) in [4.78, 5) is 18.6. The molecule has 2 aliphatic rings. The van der Waals surface area contributed by atoms with Crippen LogP contribution in [0.1, 0.15) is 12.7 Å². The predicted molar refractivity (Wildman–Crippen MR) is 112 cm³/mol. The van der Waals surface area contributed by atoms with Crippen molar-refractivity contribution in [2.75, 3.05) is 73.6 Å². The van der Waals surface area contributed by atoms with Crippen molar-refractivity contribution in [2.45, 2.75) is 13.8 Å². The molecule has 28 heavy (non-hydrogen) atoms. The molecule has 0 atom stereocenters. The molecule has 1 aromatic heterocycles. The molecule has 0 aliphatic carbocycles. The average molecular weight is 385 g/mol. The number of benzene rings is 1. The quantitative estimate of drug-likeness (QED) is 0.806. The highest BCUT2D eigenvalue weighted by molar-refractivity contribution is 5.54. The molecule has 2 aromatic rings. The number of hydrogen-bond donors (Lipinski definition) is 0. The Kier molecular flexibility index (Phi) is 5.62. The van der Waals surface area contributed by atoms with Gasteiger partial charge in [-0.2, -0.15) is 0 Å². The number of likely N-dealkylation sites (N-methyl/N-ethyl adjacent to an activating group) is 1. The SMILES string of the molecule is CCN1CCN(c2cc(N3CCN(c4ccccc4F)CC3)nc(C)n2)CC1. The zero-order chi connectivity index (χ0) is 19.5. The fourth-order valence-corrected chi connectivity index (χ4v) is 4.04. The van der Waals surface area contributed by atoms with Gasteiger partial charge in [-0.25, -0.2) is 14.4 Å². The highest BCUT2D eigenvalue weighted by Crippen LogP contribution is 2.24. The van der Waals surface area contributed by atoms with Crippen molar-refractivity contribution in [1.82, 2.24) is 14.9 Å². The van der Waals surface area contributed by atoms with E-state index in [-0.39, 0.29) is 5.82 Å². The number of hydrogen-bond acceptors (Lipinski definition) is 6. The number of aryl methyl sites for hydroxylation is 1. The van der Waals surface area contributed by atoms with Gasteiger partial charge in [0.25, 0.3) is 0 Å². The fourth-order valence-electron chi connectivity index (χ4n) is 4.04. The van der Waals surface area contributed by atoms with E-state index in [1.807, 2.05) is 19.1 Å². The number of halogens is 1. The molecule has 1 aromatic carbocycles. The Morgan fingerprint density at radius 1 is 0.821 bits per heavy atom. The van der Waals surface area contributed by atoms with Crippen LogP contribution >= 0.6 is 0 Å². The minimum atomic E-state index is -0.151. The number of piperazine rings is 2. The summed E-state index contributed by atoms with van der Waals surface area (Å²) in [6, 6.07) is 9.13. The van der Waals surface area contributed by atoms with Crippen LogP contribution < -0.4 is 14.7 Å². The lowest BCUT2D eigenvalue weighted by molar-refractivity contribution is 0.270. The molecule has 7 heteroatoms. The molecule has 6 nitrogen and oxygen atoms in total. The molecular weight excluding hydrogens is 355 g/mol. The van der Waals surface area contributed by atoms with Gasteiger partial charge in [-0.15, -0.1) is 0 Å². The number of aromatic nitrogens is 2. The van der Waals surface area contributed by atoms with Crippen LogP contribution in [0.5, 0.6) is 0 Å². The first-order chi connectivity index (χ1) is 13.6. The smallest absolute Gasteiger partial charge is 0.146 e. The lowest BCUT2D eigenvalue weighted by atomic mass is 10.2. The van der Waals surface area contributed by atoms with Gasteiger partial charge in [0.1, 0.15) is 23.3 Å². The molecule has 4 rings (SSSR count). The molecule has 3 heterocycles. The maximum atomic E-state index is 14.1. The van der Waals surface area contributed by atoms with Crippen molar-refractivity contribution in [2.24, 2.45) is 0 Å². The summed E-state index contributed by atoms with van der Waals surface area (Å²) in [6.45, 7) is 12.7. The summed E-state index contributed by atoms with van der Waals surface area (Å²) in [7, 11) is 0. The Labute approximate surface area is 166 Å². The normalized spacial score (nSPS) is 18.6. The van der Waals surface area contributed by atoms with Crippen LogP contribution in [0.25, 0.3) is 0 Å². The molecule has 0 saturated carbocycles. The summed E-state index contributed by atoms with van der Waals surface area (Å²) in [5, 5.41) is 0. The van der Waals surface area contributed by atoms with Crippen LogP contribution in [0.4, 0.5) is 21.7 Å². The zero-order valence-electron chi connectivity index (χ0n) is 16.8. The topological polar surface area (TPSA) is 38.7 Å². The van der Waals surface area contributed by atoms with Crippen molar-refractivity contribution < 1.29 is 4.39 Å². The predicted octanol–water partition coefficient (Wildman–Crippen LogP) is 2.39. The maximum Gasteiger partial charge on any atom is 0.146 e. The van der Waals surface area contributed by atoms with Gasteiger partial charge in [0.15, 0.2) is 0 Å². The third kappa shape index (κ3) is 4.04. The average Bonchev–Trinajstić information content (AvgIpc) is 2.74. The highest BCUT2D eigenvalue weighted by atomic mass is 19.1. The van der Waals surface area contributed by atoms with Crippen LogP contribution in [0.3, 0.4) is 0 Å². The van der Waals surface area contributed by atoms with E-state index in [0.717, 1.165) is 76.4 Å². The van der Waals surface area contributed by atoms with Crippen molar-refractivity contribution >= 4 is 17.3 Å². The van der Waals surface area contributed by atoms with Gasteiger partial charge in [-0.05, 0) is 25.6 Å². The van der Waals surface area contributed by atoms with Crippen LogP contribution in [0, 0.1) is 12.7 Å². The summed E-state index contributed by atoms with van der Waals surface area (Å²) >= 11 is 0. The first kappa shape index (κ1) is 18.9. The first-order valence-corrected chi connectivity index (χ1v) is 10.2. The van der Waals surface area contributed by atoms with Gasteiger partial charge in [-0.1, -0.05) is 19.1 Å². The number of nitrogens with zero attached hydrogens (tertiary/aromatic N) is 6. The zero-order valence-corrected chi connectivity index (χ0v) is 16.8. The second-order valence-corrected chi connectivity index (χ2v) is 7.48. The Balaban J connectivity index is 1.44. The number of anilines is 3. The van der Waals surface area contributed by atoms with Crippen molar-refractivity contribution in [1.29, 1.82) is 0 Å². The Bertz CT molecular complexity index is 797. The van der Waals surface area contributed by atoms with Gasteiger partial charge in [0, 0.05) is 58.4 Å². The Morgan fingerprint density at radius 3 is 1.93 bits per heavy atom. The van der Waals surface area contributed by atoms with E-state index < -0.39 is 0 Å². The van der Waals surface area contributed by atoms with Gasteiger partial charge in [0.2, 0.25) is 0 Å². The summed E-state index contributed by atoms with van der Waals surface area (Å²) in [6.07, 6.45) is 0. The maximum absolute atomic E-state index is 14.1. The second-order valence-electron chi connectivity index (χ2n) is 7.48. The highest BCUT2D eigenvalue weighted by Gasteiger charge is 2.23. The van der Waals surface area contributed by atoms with Crippen LogP contribution in [-0.4, -0.2) is 73.8 Å². The minimum Gasteiger partial charge on any atom is -0.366 e. The Hall–Kier alpha value is -2.41. The van der Waals surface area contributed by atoms with E-state index in [2.05, 4.69) is 42.6 Å². The van der Waals surface area contributed by atoms with E-state index in [1.54, 1.807) is 6.07 Å². The molecular formula is C21H29FN6. The number of para-hydroxylation sites is 1. The number of rotatable bonds is 4. The van der Waals surface area contributed by atoms with Crippen molar-refractivity contribution in [3.05, 3.63) is 42.0 Å². The fraction of sp³-hybridized carbons (Fsp3) is 0.524. The van der Waals surface area contributed by atoms with E-state index >= 15 is 0 Å². The van der Waals surface area contributed by atoms with Crippen LogP contribution in [-0.2, 0) is 0 Å². The summed E-state index contributed by atoms with van der Waals surface area (Å²) in [5.74, 6) is 2.66. The van der Waals surface area contributed by atoms with Gasteiger partial charge in [0.05, 0.1) is 5.69 Å². The van der Waals surface area contributed by atoms with E-state index in [4.69, 9.17) is 0 Å². The van der Waals surface area contributed by atoms with Crippen LogP contribution in [0.2, 0.25) is 0 Å². The van der Waals surface area contributed by atoms with E-state index in [9.17, 15) is 4.39 Å². The standard InChI is InChI=1S/C21H29FN6/c1-3-25-8-10-27(11-9-25)20-16-21(24-17(2)23-20)28-14-12-26(13-15-28)19-7-5-4-6-18(19)22/h4-7,16H,3,8-15H2,1-2H3. The third-order valence-electron chi connectivity index (χ3n) is 5.75. The monoisotopic (exact) mass is 384 g/mol. The van der Waals surface area contributed by atoms with Gasteiger partial charge < -0.3 is 19.6 Å². The van der Waals surface area contributed by atoms with E-state index in [0.29, 0.717) is 5.69 Å². The summed E-state index contributed by atoms with van der Waals surface area (Å²) in [5.41, 5.74) is 0.690. The molecule has 0 radical (unpaired) electrons. The first-order valence-electron chi connectivity index (χ1n) is 10.2. The van der Waals surface area contributed by atoms with Crippen molar-refractivity contribution in [3.8, 4) is 0 Å². The second kappa shape index (κ2) is 8.31. The van der Waals surface area contributed by atoms with Gasteiger partial charge in [-0.3, -0.25) is 0 Å². The van der Waals surface area contributed by atoms with E-state index in [1.165, 1.54) is 6.07 Å². The molecule has 0 amide bonds. The molecule has 150 valence electrons. The van der Waals surface area contributed by atoms with Crippen molar-refractivity contribution in [3.63, 3.8) is 0 Å². The molecule has 0 spiro atoms. The molecule has 0 unspecified atom stereocenters. The molecule has 2 fully saturated rings. The van der Waals surface area contributed by atoms with Gasteiger partial charge >= 0.3 is 0 Å². The summed E-state index contributed by atoms with van der Waals surface area (Å²) < 4.78 is 14.1. The molecule has 0 N–H and O–H groups in total. The third-order valence-corrected chi connectivity index (χ3v) is 5.75. The lowest BCUT2D eigenvalue weighted by Gasteiger charge is -2.38. The Morgan fingerprint density at radius 2 is 1.36 bits per heavy atom. The minimum absolute atomic E-state index is 0.151. The molecule has 2 saturated heterocycles. The largest absolute Gasteiger partial charge is 0.366 e. The lowest BCUT2D eigenvalue weighted by Crippen LogP contribution is -2.48. The molecule has 2 aliphatic heterocycles.